The highest BCUT2D eigenvalue weighted by molar-refractivity contribution is 7.09. The molecule has 1 N–H and O–H groups in total. The minimum absolute atomic E-state index is 0.0643. The summed E-state index contributed by atoms with van der Waals surface area (Å²) < 4.78 is 8.52. The summed E-state index contributed by atoms with van der Waals surface area (Å²) >= 11 is 12.5. The van der Waals surface area contributed by atoms with Gasteiger partial charge in [-0.1, -0.05) is 53.5 Å². The van der Waals surface area contributed by atoms with Crippen LogP contribution in [0, 0.1) is 0 Å². The molecule has 1 amide bonds. The zero-order chi connectivity index (χ0) is 16.1. The molecule has 1 aromatic heterocycles. The van der Waals surface area contributed by atoms with Gasteiger partial charge >= 0.3 is 5.97 Å². The molecule has 0 unspecified atom stereocenters. The number of esters is 1. The lowest BCUT2D eigenvalue weighted by molar-refractivity contribution is -0.142. The van der Waals surface area contributed by atoms with Crippen molar-refractivity contribution in [1.29, 1.82) is 0 Å². The molecule has 0 aliphatic heterocycles. The standard InChI is InChI=1S/C14H12Cl2N2O3S/c1-21-14(20)9(7-8-5-3-2-4-6-8)17-13(19)11-10(15)12(16)18-22-11/h2-6,9H,7H2,1H3,(H,17,19)/t9-/m0/s1. The number of rotatable bonds is 5. The molecule has 0 fully saturated rings. The molecule has 0 bridgehead atoms. The normalized spacial score (nSPS) is 11.8. The molecule has 0 spiro atoms. The molecule has 2 aromatic rings. The topological polar surface area (TPSA) is 68.3 Å². The van der Waals surface area contributed by atoms with E-state index in [1.54, 1.807) is 0 Å². The third-order valence-corrected chi connectivity index (χ3v) is 4.67. The monoisotopic (exact) mass is 358 g/mol. The number of nitrogens with one attached hydrogen (secondary N) is 1. The molecule has 1 atom stereocenters. The van der Waals surface area contributed by atoms with Gasteiger partial charge in [0.25, 0.3) is 5.91 Å². The van der Waals surface area contributed by atoms with E-state index in [0.717, 1.165) is 17.1 Å². The maximum absolute atomic E-state index is 12.2. The molecule has 1 heterocycles. The first kappa shape index (κ1) is 16.7. The summed E-state index contributed by atoms with van der Waals surface area (Å²) in [5, 5.41) is 2.74. The number of carbonyl (C=O) groups is 2. The van der Waals surface area contributed by atoms with Crippen molar-refractivity contribution in [1.82, 2.24) is 9.69 Å². The van der Waals surface area contributed by atoms with Crippen LogP contribution in [0.15, 0.2) is 30.3 Å². The smallest absolute Gasteiger partial charge is 0.328 e. The number of amides is 1. The lowest BCUT2D eigenvalue weighted by Crippen LogP contribution is -2.42. The van der Waals surface area contributed by atoms with Gasteiger partial charge in [0.05, 0.1) is 7.11 Å². The molecule has 0 radical (unpaired) electrons. The summed E-state index contributed by atoms with van der Waals surface area (Å²) in [4.78, 5) is 24.2. The molecular formula is C14H12Cl2N2O3S. The average molecular weight is 359 g/mol. The first-order valence-electron chi connectivity index (χ1n) is 6.26. The predicted molar refractivity (Wildman–Crippen MR) is 85.6 cm³/mol. The Hall–Kier alpha value is -1.63. The van der Waals surface area contributed by atoms with Crippen molar-refractivity contribution in [3.05, 3.63) is 50.9 Å². The number of aromatic nitrogens is 1. The largest absolute Gasteiger partial charge is 0.467 e. The van der Waals surface area contributed by atoms with E-state index in [9.17, 15) is 9.59 Å². The SMILES string of the molecule is COC(=O)[C@H](Cc1ccccc1)NC(=O)c1snc(Cl)c1Cl. The summed E-state index contributed by atoms with van der Waals surface area (Å²) in [6.45, 7) is 0. The van der Waals surface area contributed by atoms with Gasteiger partial charge in [-0.2, -0.15) is 4.37 Å². The van der Waals surface area contributed by atoms with Crippen molar-refractivity contribution in [2.45, 2.75) is 12.5 Å². The average Bonchev–Trinajstić information content (AvgIpc) is 2.86. The third-order valence-electron chi connectivity index (χ3n) is 2.88. The molecule has 22 heavy (non-hydrogen) atoms. The van der Waals surface area contributed by atoms with E-state index < -0.39 is 17.9 Å². The first-order chi connectivity index (χ1) is 10.5. The summed E-state index contributed by atoms with van der Waals surface area (Å²) in [5.41, 5.74) is 0.895. The number of carbonyl (C=O) groups excluding carboxylic acids is 2. The summed E-state index contributed by atoms with van der Waals surface area (Å²) in [6.07, 6.45) is 0.309. The Morgan fingerprint density at radius 1 is 1.32 bits per heavy atom. The Kier molecular flexibility index (Phi) is 5.76. The van der Waals surface area contributed by atoms with E-state index >= 15 is 0 Å². The Bertz CT molecular complexity index is 676. The van der Waals surface area contributed by atoms with Crippen molar-refractivity contribution < 1.29 is 14.3 Å². The van der Waals surface area contributed by atoms with Crippen LogP contribution < -0.4 is 5.32 Å². The van der Waals surface area contributed by atoms with E-state index in [1.165, 1.54) is 7.11 Å². The lowest BCUT2D eigenvalue weighted by atomic mass is 10.1. The van der Waals surface area contributed by atoms with E-state index in [-0.39, 0.29) is 15.1 Å². The van der Waals surface area contributed by atoms with Gasteiger partial charge in [-0.25, -0.2) is 4.79 Å². The molecule has 8 heteroatoms. The molecule has 0 saturated heterocycles. The fourth-order valence-corrected chi connectivity index (χ4v) is 2.93. The quantitative estimate of drug-likeness (QED) is 0.834. The number of benzene rings is 1. The highest BCUT2D eigenvalue weighted by atomic mass is 35.5. The van der Waals surface area contributed by atoms with Crippen molar-refractivity contribution in [2.24, 2.45) is 0 Å². The van der Waals surface area contributed by atoms with Crippen molar-refractivity contribution in [2.75, 3.05) is 7.11 Å². The lowest BCUT2D eigenvalue weighted by Gasteiger charge is -2.16. The van der Waals surface area contributed by atoms with Gasteiger partial charge in [0.15, 0.2) is 5.15 Å². The Morgan fingerprint density at radius 3 is 2.55 bits per heavy atom. The molecule has 2 rings (SSSR count). The van der Waals surface area contributed by atoms with Crippen molar-refractivity contribution in [3.63, 3.8) is 0 Å². The van der Waals surface area contributed by atoms with E-state index in [1.807, 2.05) is 30.3 Å². The molecular weight excluding hydrogens is 347 g/mol. The van der Waals surface area contributed by atoms with E-state index in [4.69, 9.17) is 27.9 Å². The van der Waals surface area contributed by atoms with Crippen LogP contribution in [0.25, 0.3) is 0 Å². The van der Waals surface area contributed by atoms with Crippen LogP contribution in [0.1, 0.15) is 15.2 Å². The van der Waals surface area contributed by atoms with Crippen molar-refractivity contribution >= 4 is 46.6 Å². The Morgan fingerprint density at radius 2 is 2.00 bits per heavy atom. The summed E-state index contributed by atoms with van der Waals surface area (Å²) in [5.74, 6) is -1.05. The molecule has 5 nitrogen and oxygen atoms in total. The number of methoxy groups -OCH3 is 1. The number of hydrogen-bond acceptors (Lipinski definition) is 5. The highest BCUT2D eigenvalue weighted by Gasteiger charge is 2.25. The molecule has 0 aliphatic rings. The highest BCUT2D eigenvalue weighted by Crippen LogP contribution is 2.28. The second kappa shape index (κ2) is 7.58. The van der Waals surface area contributed by atoms with Crippen molar-refractivity contribution in [3.8, 4) is 0 Å². The van der Waals surface area contributed by atoms with Crippen LogP contribution in [0.5, 0.6) is 0 Å². The number of nitrogens with zero attached hydrogens (tertiary/aromatic N) is 1. The van der Waals surface area contributed by atoms with E-state index in [2.05, 4.69) is 9.69 Å². The zero-order valence-corrected chi connectivity index (χ0v) is 13.8. The minimum Gasteiger partial charge on any atom is -0.467 e. The van der Waals surface area contributed by atoms with Gasteiger partial charge in [-0.3, -0.25) is 4.79 Å². The maximum Gasteiger partial charge on any atom is 0.328 e. The molecule has 1 aromatic carbocycles. The van der Waals surface area contributed by atoms with Gasteiger partial charge in [-0.15, -0.1) is 0 Å². The van der Waals surface area contributed by atoms with Gasteiger partial charge in [0, 0.05) is 6.42 Å². The maximum atomic E-state index is 12.2. The van der Waals surface area contributed by atoms with Crippen LogP contribution in [-0.2, 0) is 16.0 Å². The zero-order valence-electron chi connectivity index (χ0n) is 11.5. The number of hydrogen-bond donors (Lipinski definition) is 1. The van der Waals surface area contributed by atoms with Crippen LogP contribution in [-0.4, -0.2) is 29.4 Å². The third kappa shape index (κ3) is 3.97. The van der Waals surface area contributed by atoms with Crippen LogP contribution in [0.3, 0.4) is 0 Å². The van der Waals surface area contributed by atoms with Gasteiger partial charge in [0.1, 0.15) is 15.9 Å². The van der Waals surface area contributed by atoms with Crippen LogP contribution in [0.4, 0.5) is 0 Å². The molecule has 0 saturated carbocycles. The van der Waals surface area contributed by atoms with Gasteiger partial charge < -0.3 is 10.1 Å². The van der Waals surface area contributed by atoms with Gasteiger partial charge in [-0.05, 0) is 17.1 Å². The fraction of sp³-hybridized carbons (Fsp3) is 0.214. The van der Waals surface area contributed by atoms with Crippen LogP contribution in [0.2, 0.25) is 10.2 Å². The Labute approximate surface area is 141 Å². The number of ether oxygens (including phenoxy) is 1. The van der Waals surface area contributed by atoms with E-state index in [0.29, 0.717) is 6.42 Å². The first-order valence-corrected chi connectivity index (χ1v) is 7.79. The Balaban J connectivity index is 2.15. The predicted octanol–water partition coefficient (Wildman–Crippen LogP) is 2.96. The molecule has 0 aliphatic carbocycles. The van der Waals surface area contributed by atoms with Crippen LogP contribution >= 0.6 is 34.7 Å². The summed E-state index contributed by atoms with van der Waals surface area (Å²) in [7, 11) is 1.27. The fourth-order valence-electron chi connectivity index (χ4n) is 1.81. The number of halogens is 2. The minimum atomic E-state index is -0.822. The second-order valence-corrected chi connectivity index (χ2v) is 5.86. The summed E-state index contributed by atoms with van der Waals surface area (Å²) in [6, 6.07) is 8.47. The molecule has 116 valence electrons. The van der Waals surface area contributed by atoms with Gasteiger partial charge in [0.2, 0.25) is 0 Å². The second-order valence-electron chi connectivity index (χ2n) is 4.36.